The fourth-order valence-electron chi connectivity index (χ4n) is 2.34. The maximum atomic E-state index is 11.9. The quantitative estimate of drug-likeness (QED) is 0.806. The molecule has 2 heterocycles. The van der Waals surface area contributed by atoms with Gasteiger partial charge in [0.2, 0.25) is 5.91 Å². The van der Waals surface area contributed by atoms with Gasteiger partial charge in [0.1, 0.15) is 0 Å². The van der Waals surface area contributed by atoms with E-state index < -0.39 is 0 Å². The van der Waals surface area contributed by atoms with Gasteiger partial charge in [-0.1, -0.05) is 20.3 Å². The highest BCUT2D eigenvalue weighted by Gasteiger charge is 2.34. The Bertz CT molecular complexity index is 245. The first-order valence-electron chi connectivity index (χ1n) is 6.17. The molecule has 0 aliphatic carbocycles. The Hall–Kier alpha value is -0.280. The van der Waals surface area contributed by atoms with E-state index in [-0.39, 0.29) is 18.4 Å². The second-order valence-corrected chi connectivity index (χ2v) is 5.28. The summed E-state index contributed by atoms with van der Waals surface area (Å²) in [5, 5.41) is 3.19. The summed E-state index contributed by atoms with van der Waals surface area (Å²) in [6.07, 6.45) is 4.60. The zero-order valence-corrected chi connectivity index (χ0v) is 11.1. The van der Waals surface area contributed by atoms with E-state index in [1.165, 1.54) is 19.3 Å². The third kappa shape index (κ3) is 2.69. The van der Waals surface area contributed by atoms with Crippen LogP contribution in [0.25, 0.3) is 0 Å². The summed E-state index contributed by atoms with van der Waals surface area (Å²) >= 11 is 0. The number of halogens is 1. The van der Waals surface area contributed by atoms with Gasteiger partial charge >= 0.3 is 0 Å². The Morgan fingerprint density at radius 3 is 2.38 bits per heavy atom. The number of carbonyl (C=O) groups is 1. The lowest BCUT2D eigenvalue weighted by Gasteiger charge is -2.41. The van der Waals surface area contributed by atoms with Gasteiger partial charge < -0.3 is 10.2 Å². The lowest BCUT2D eigenvalue weighted by Crippen LogP contribution is -2.56. The summed E-state index contributed by atoms with van der Waals surface area (Å²) < 4.78 is 0. The molecule has 0 aromatic heterocycles. The minimum atomic E-state index is 0. The molecular weight excluding hydrogens is 224 g/mol. The zero-order chi connectivity index (χ0) is 10.9. The van der Waals surface area contributed by atoms with E-state index in [4.69, 9.17) is 0 Å². The van der Waals surface area contributed by atoms with Gasteiger partial charge in [0.15, 0.2) is 0 Å². The second kappa shape index (κ2) is 5.37. The lowest BCUT2D eigenvalue weighted by molar-refractivity contribution is -0.137. The van der Waals surface area contributed by atoms with Gasteiger partial charge in [0.25, 0.3) is 0 Å². The molecular formula is C12H23ClN2O. The van der Waals surface area contributed by atoms with Crippen LogP contribution in [0.4, 0.5) is 0 Å². The topological polar surface area (TPSA) is 32.3 Å². The monoisotopic (exact) mass is 246 g/mol. The Morgan fingerprint density at radius 1 is 1.44 bits per heavy atom. The van der Waals surface area contributed by atoms with Crippen molar-refractivity contribution in [2.75, 3.05) is 19.6 Å². The largest absolute Gasteiger partial charge is 0.341 e. The van der Waals surface area contributed by atoms with Gasteiger partial charge in [-0.2, -0.15) is 0 Å². The highest BCUT2D eigenvalue weighted by Crippen LogP contribution is 2.34. The van der Waals surface area contributed by atoms with Gasteiger partial charge in [-0.3, -0.25) is 4.79 Å². The van der Waals surface area contributed by atoms with Crippen LogP contribution >= 0.6 is 12.4 Å². The molecule has 2 saturated heterocycles. The second-order valence-electron chi connectivity index (χ2n) is 5.28. The lowest BCUT2D eigenvalue weighted by atomic mass is 9.78. The molecule has 0 aromatic carbocycles. The van der Waals surface area contributed by atoms with Crippen LogP contribution in [0.5, 0.6) is 0 Å². The molecule has 0 bridgehead atoms. The van der Waals surface area contributed by atoms with E-state index in [9.17, 15) is 4.79 Å². The smallest absolute Gasteiger partial charge is 0.239 e. The molecule has 0 saturated carbocycles. The van der Waals surface area contributed by atoms with E-state index in [1.807, 2.05) is 4.90 Å². The Morgan fingerprint density at radius 2 is 2.00 bits per heavy atom. The SMILES string of the molecule is CCC1(C)CCN(C(=O)[C@H]2CCN2)CC1.Cl. The maximum Gasteiger partial charge on any atom is 0.239 e. The fraction of sp³-hybridized carbons (Fsp3) is 0.917. The fourth-order valence-corrected chi connectivity index (χ4v) is 2.34. The van der Waals surface area contributed by atoms with Crippen LogP contribution in [0.2, 0.25) is 0 Å². The third-order valence-corrected chi connectivity index (χ3v) is 4.26. The van der Waals surface area contributed by atoms with Gasteiger partial charge in [0.05, 0.1) is 6.04 Å². The summed E-state index contributed by atoms with van der Waals surface area (Å²) in [6.45, 7) is 7.53. The summed E-state index contributed by atoms with van der Waals surface area (Å²) in [5.74, 6) is 0.333. The van der Waals surface area contributed by atoms with E-state index in [0.717, 1.165) is 26.1 Å². The van der Waals surface area contributed by atoms with Crippen molar-refractivity contribution < 1.29 is 4.79 Å². The molecule has 2 aliphatic rings. The number of nitrogens with zero attached hydrogens (tertiary/aromatic N) is 1. The number of nitrogens with one attached hydrogen (secondary N) is 1. The zero-order valence-electron chi connectivity index (χ0n) is 10.3. The first-order valence-corrected chi connectivity index (χ1v) is 6.17. The van der Waals surface area contributed by atoms with Gasteiger partial charge in [-0.05, 0) is 31.2 Å². The average molecular weight is 247 g/mol. The first kappa shape index (κ1) is 13.8. The number of likely N-dealkylation sites (tertiary alicyclic amines) is 1. The molecule has 4 heteroatoms. The predicted molar refractivity (Wildman–Crippen MR) is 67.9 cm³/mol. The number of hydrogen-bond donors (Lipinski definition) is 1. The summed E-state index contributed by atoms with van der Waals surface area (Å²) in [7, 11) is 0. The van der Waals surface area contributed by atoms with Crippen LogP contribution < -0.4 is 5.32 Å². The number of carbonyl (C=O) groups excluding carboxylic acids is 1. The van der Waals surface area contributed by atoms with E-state index >= 15 is 0 Å². The van der Waals surface area contributed by atoms with Crippen LogP contribution in [-0.2, 0) is 4.79 Å². The van der Waals surface area contributed by atoms with Crippen molar-refractivity contribution in [2.24, 2.45) is 5.41 Å². The highest BCUT2D eigenvalue weighted by molar-refractivity contribution is 5.85. The van der Waals surface area contributed by atoms with Crippen molar-refractivity contribution in [3.63, 3.8) is 0 Å². The summed E-state index contributed by atoms with van der Waals surface area (Å²) in [6, 6.07) is 0.135. The maximum absolute atomic E-state index is 11.9. The molecule has 1 atom stereocenters. The van der Waals surface area contributed by atoms with Crippen molar-refractivity contribution in [1.29, 1.82) is 0 Å². The van der Waals surface area contributed by atoms with Crippen molar-refractivity contribution in [2.45, 2.75) is 45.6 Å². The van der Waals surface area contributed by atoms with E-state index in [1.54, 1.807) is 0 Å². The minimum Gasteiger partial charge on any atom is -0.341 e. The Kier molecular flexibility index (Phi) is 4.62. The normalized spacial score (nSPS) is 27.9. The standard InChI is InChI=1S/C12H22N2O.ClH/c1-3-12(2)5-8-14(9-6-12)11(15)10-4-7-13-10;/h10,13H,3-9H2,1-2H3;1H/t10-;/m1./s1. The Balaban J connectivity index is 0.00000128. The molecule has 2 aliphatic heterocycles. The van der Waals surface area contributed by atoms with Crippen molar-refractivity contribution in [3.05, 3.63) is 0 Å². The van der Waals surface area contributed by atoms with Crippen molar-refractivity contribution in [1.82, 2.24) is 10.2 Å². The van der Waals surface area contributed by atoms with Crippen molar-refractivity contribution in [3.8, 4) is 0 Å². The molecule has 1 N–H and O–H groups in total. The molecule has 0 aromatic rings. The number of hydrogen-bond acceptors (Lipinski definition) is 2. The van der Waals surface area contributed by atoms with Crippen LogP contribution in [0.15, 0.2) is 0 Å². The van der Waals surface area contributed by atoms with E-state index in [2.05, 4.69) is 19.2 Å². The highest BCUT2D eigenvalue weighted by atomic mass is 35.5. The molecule has 0 radical (unpaired) electrons. The molecule has 94 valence electrons. The van der Waals surface area contributed by atoms with Crippen LogP contribution in [0.3, 0.4) is 0 Å². The van der Waals surface area contributed by atoms with E-state index in [0.29, 0.717) is 11.3 Å². The number of rotatable bonds is 2. The molecule has 2 fully saturated rings. The summed E-state index contributed by atoms with van der Waals surface area (Å²) in [4.78, 5) is 14.0. The van der Waals surface area contributed by atoms with Gasteiger partial charge in [-0.15, -0.1) is 12.4 Å². The molecule has 16 heavy (non-hydrogen) atoms. The van der Waals surface area contributed by atoms with Gasteiger partial charge in [-0.25, -0.2) is 0 Å². The average Bonchev–Trinajstić information content (AvgIpc) is 2.16. The Labute approximate surface area is 104 Å². The minimum absolute atomic E-state index is 0. The number of piperidine rings is 1. The molecule has 1 amide bonds. The number of amides is 1. The van der Waals surface area contributed by atoms with Crippen LogP contribution in [0.1, 0.15) is 39.5 Å². The molecule has 2 rings (SSSR count). The van der Waals surface area contributed by atoms with Crippen LogP contribution in [0, 0.1) is 5.41 Å². The molecule has 3 nitrogen and oxygen atoms in total. The van der Waals surface area contributed by atoms with Gasteiger partial charge in [0, 0.05) is 13.1 Å². The van der Waals surface area contributed by atoms with Crippen molar-refractivity contribution >= 4 is 18.3 Å². The molecule has 0 spiro atoms. The third-order valence-electron chi connectivity index (χ3n) is 4.26. The summed E-state index contributed by atoms with van der Waals surface area (Å²) in [5.41, 5.74) is 0.476. The van der Waals surface area contributed by atoms with Crippen LogP contribution in [-0.4, -0.2) is 36.5 Å². The molecule has 0 unspecified atom stereocenters. The first-order chi connectivity index (χ1) is 7.14. The predicted octanol–water partition coefficient (Wildman–Crippen LogP) is 1.81.